The van der Waals surface area contributed by atoms with E-state index in [2.05, 4.69) is 13.8 Å². The highest BCUT2D eigenvalue weighted by Crippen LogP contribution is 2.42. The number of halogens is 1. The topological polar surface area (TPSA) is 26.0 Å². The van der Waals surface area contributed by atoms with Crippen molar-refractivity contribution in [3.05, 3.63) is 35.6 Å². The van der Waals surface area contributed by atoms with Crippen LogP contribution in [0, 0.1) is 11.7 Å². The summed E-state index contributed by atoms with van der Waals surface area (Å²) in [6.45, 7) is 4.41. The summed E-state index contributed by atoms with van der Waals surface area (Å²) in [5.41, 5.74) is 7.06. The fourth-order valence-electron chi connectivity index (χ4n) is 3.03. The van der Waals surface area contributed by atoms with Crippen LogP contribution < -0.4 is 5.73 Å². The van der Waals surface area contributed by atoms with Gasteiger partial charge in [-0.25, -0.2) is 4.39 Å². The van der Waals surface area contributed by atoms with Crippen LogP contribution in [0.4, 0.5) is 4.39 Å². The number of nitrogens with two attached hydrogens (primary N) is 1. The van der Waals surface area contributed by atoms with E-state index in [4.69, 9.17) is 5.73 Å². The number of hydrogen-bond acceptors (Lipinski definition) is 2. The summed E-state index contributed by atoms with van der Waals surface area (Å²) in [7, 11) is 0. The van der Waals surface area contributed by atoms with Crippen LogP contribution in [0.5, 0.6) is 0 Å². The van der Waals surface area contributed by atoms with E-state index in [0.717, 1.165) is 17.9 Å². The predicted molar refractivity (Wildman–Crippen MR) is 86.4 cm³/mol. The molecule has 0 aromatic heterocycles. The summed E-state index contributed by atoms with van der Waals surface area (Å²) in [5, 5.41) is 0.706. The summed E-state index contributed by atoms with van der Waals surface area (Å²) in [4.78, 5) is 0. The van der Waals surface area contributed by atoms with E-state index < -0.39 is 0 Å². The largest absolute Gasteiger partial charge is 0.326 e. The van der Waals surface area contributed by atoms with Gasteiger partial charge in [-0.3, -0.25) is 0 Å². The fourth-order valence-corrected chi connectivity index (χ4v) is 4.92. The van der Waals surface area contributed by atoms with Crippen LogP contribution in [0.1, 0.15) is 56.8 Å². The minimum atomic E-state index is -0.113. The second-order valence-electron chi connectivity index (χ2n) is 6.04. The minimum absolute atomic E-state index is 0.0223. The van der Waals surface area contributed by atoms with Gasteiger partial charge in [0, 0.05) is 22.1 Å². The van der Waals surface area contributed by atoms with Gasteiger partial charge in [0.1, 0.15) is 5.82 Å². The fraction of sp³-hybridized carbons (Fsp3) is 0.647. The highest BCUT2D eigenvalue weighted by molar-refractivity contribution is 8.00. The first kappa shape index (κ1) is 15.8. The van der Waals surface area contributed by atoms with E-state index in [1.807, 2.05) is 23.9 Å². The van der Waals surface area contributed by atoms with Crippen molar-refractivity contribution in [3.8, 4) is 0 Å². The monoisotopic (exact) mass is 295 g/mol. The Kier molecular flexibility index (Phi) is 5.91. The average Bonchev–Trinajstić information content (AvgIpc) is 2.45. The molecule has 0 saturated heterocycles. The smallest absolute Gasteiger partial charge is 0.127 e. The molecule has 2 rings (SSSR count). The number of thioether (sulfide) groups is 1. The van der Waals surface area contributed by atoms with Gasteiger partial charge in [0.05, 0.1) is 0 Å². The van der Waals surface area contributed by atoms with Gasteiger partial charge >= 0.3 is 0 Å². The minimum Gasteiger partial charge on any atom is -0.326 e. The van der Waals surface area contributed by atoms with Crippen molar-refractivity contribution < 1.29 is 4.39 Å². The molecule has 1 aliphatic rings. The van der Waals surface area contributed by atoms with Crippen LogP contribution >= 0.6 is 11.8 Å². The Bertz CT molecular complexity index is 423. The van der Waals surface area contributed by atoms with Gasteiger partial charge in [0.25, 0.3) is 0 Å². The van der Waals surface area contributed by atoms with Crippen LogP contribution in [0.3, 0.4) is 0 Å². The molecule has 1 aromatic rings. The Balaban J connectivity index is 2.14. The summed E-state index contributed by atoms with van der Waals surface area (Å²) in [6, 6.07) is 7.14. The Labute approximate surface area is 126 Å². The first-order valence-corrected chi connectivity index (χ1v) is 8.71. The lowest BCUT2D eigenvalue weighted by Crippen LogP contribution is -2.29. The van der Waals surface area contributed by atoms with Crippen LogP contribution in [-0.2, 0) is 0 Å². The summed E-state index contributed by atoms with van der Waals surface area (Å²) in [5.74, 6) is 0.679. The third-order valence-corrected chi connectivity index (χ3v) is 6.01. The van der Waals surface area contributed by atoms with Crippen molar-refractivity contribution >= 4 is 11.8 Å². The van der Waals surface area contributed by atoms with Gasteiger partial charge in [0.2, 0.25) is 0 Å². The molecule has 1 aliphatic carbocycles. The molecule has 2 N–H and O–H groups in total. The van der Waals surface area contributed by atoms with Crippen molar-refractivity contribution in [1.29, 1.82) is 0 Å². The molecule has 0 spiro atoms. The first-order chi connectivity index (χ1) is 9.61. The first-order valence-electron chi connectivity index (χ1n) is 7.77. The van der Waals surface area contributed by atoms with Crippen LogP contribution in [-0.4, -0.2) is 11.3 Å². The number of hydrogen-bond donors (Lipinski definition) is 1. The second kappa shape index (κ2) is 7.46. The maximum atomic E-state index is 14.1. The molecule has 0 amide bonds. The van der Waals surface area contributed by atoms with Gasteiger partial charge in [-0.1, -0.05) is 44.9 Å². The average molecular weight is 295 g/mol. The van der Waals surface area contributed by atoms with Crippen molar-refractivity contribution in [1.82, 2.24) is 0 Å². The normalized spacial score (nSPS) is 26.2. The standard InChI is InChI=1S/C17H26FNS/c1-3-16(19)17(14-9-4-5-10-15(14)18)20-13-8-6-7-12(2)11-13/h4-5,9-10,12-13,16-17H,3,6-8,11,19H2,1-2H3. The molecule has 0 heterocycles. The van der Waals surface area contributed by atoms with Crippen molar-refractivity contribution in [2.75, 3.05) is 0 Å². The van der Waals surface area contributed by atoms with E-state index in [-0.39, 0.29) is 17.1 Å². The van der Waals surface area contributed by atoms with Crippen LogP contribution in [0.25, 0.3) is 0 Å². The SMILES string of the molecule is CCC(N)C(SC1CCCC(C)C1)c1ccccc1F. The molecule has 0 aliphatic heterocycles. The molecular weight excluding hydrogens is 269 g/mol. The Morgan fingerprint density at radius 2 is 2.10 bits per heavy atom. The van der Waals surface area contributed by atoms with Gasteiger partial charge in [0.15, 0.2) is 0 Å². The molecule has 0 radical (unpaired) electrons. The summed E-state index contributed by atoms with van der Waals surface area (Å²) >= 11 is 1.90. The zero-order valence-corrected chi connectivity index (χ0v) is 13.3. The number of benzene rings is 1. The van der Waals surface area contributed by atoms with E-state index >= 15 is 0 Å². The zero-order valence-electron chi connectivity index (χ0n) is 12.5. The lowest BCUT2D eigenvalue weighted by Gasteiger charge is -2.32. The molecule has 20 heavy (non-hydrogen) atoms. The van der Waals surface area contributed by atoms with Gasteiger partial charge < -0.3 is 5.73 Å². The Hall–Kier alpha value is -0.540. The molecule has 1 fully saturated rings. The molecule has 0 bridgehead atoms. The predicted octanol–water partition coefficient (Wildman–Crippen LogP) is 4.92. The molecule has 1 saturated carbocycles. The highest BCUT2D eigenvalue weighted by atomic mass is 32.2. The van der Waals surface area contributed by atoms with Crippen molar-refractivity contribution in [2.45, 2.75) is 62.5 Å². The molecule has 1 nitrogen and oxygen atoms in total. The number of rotatable bonds is 5. The maximum absolute atomic E-state index is 14.1. The third kappa shape index (κ3) is 3.98. The molecule has 3 heteroatoms. The molecule has 4 unspecified atom stereocenters. The lowest BCUT2D eigenvalue weighted by atomic mass is 9.90. The van der Waals surface area contributed by atoms with E-state index in [1.165, 1.54) is 25.7 Å². The maximum Gasteiger partial charge on any atom is 0.127 e. The van der Waals surface area contributed by atoms with Crippen LogP contribution in [0.2, 0.25) is 0 Å². The molecule has 112 valence electrons. The molecular formula is C17H26FNS. The van der Waals surface area contributed by atoms with Gasteiger partial charge in [-0.15, -0.1) is 11.8 Å². The van der Waals surface area contributed by atoms with Crippen molar-refractivity contribution in [2.24, 2.45) is 11.7 Å². The second-order valence-corrected chi connectivity index (χ2v) is 7.49. The van der Waals surface area contributed by atoms with Crippen molar-refractivity contribution in [3.63, 3.8) is 0 Å². The van der Waals surface area contributed by atoms with E-state index in [1.54, 1.807) is 12.1 Å². The van der Waals surface area contributed by atoms with E-state index in [0.29, 0.717) is 5.25 Å². The van der Waals surface area contributed by atoms with Gasteiger partial charge in [-0.05, 0) is 31.2 Å². The molecule has 1 aromatic carbocycles. The third-order valence-electron chi connectivity index (χ3n) is 4.30. The lowest BCUT2D eigenvalue weighted by molar-refractivity contribution is 0.393. The summed E-state index contributed by atoms with van der Waals surface area (Å²) in [6.07, 6.45) is 6.00. The zero-order chi connectivity index (χ0) is 14.5. The van der Waals surface area contributed by atoms with E-state index in [9.17, 15) is 4.39 Å². The van der Waals surface area contributed by atoms with Gasteiger partial charge in [-0.2, -0.15) is 0 Å². The Morgan fingerprint density at radius 1 is 1.35 bits per heavy atom. The quantitative estimate of drug-likeness (QED) is 0.834. The Morgan fingerprint density at radius 3 is 2.75 bits per heavy atom. The molecule has 4 atom stereocenters. The highest BCUT2D eigenvalue weighted by Gasteiger charge is 2.28. The van der Waals surface area contributed by atoms with Crippen LogP contribution in [0.15, 0.2) is 24.3 Å². The summed E-state index contributed by atoms with van der Waals surface area (Å²) < 4.78 is 14.1.